The molecule has 31 heavy (non-hydrogen) atoms. The van der Waals surface area contributed by atoms with Crippen LogP contribution in [-0.2, 0) is 15.9 Å². The highest BCUT2D eigenvalue weighted by Crippen LogP contribution is 2.37. The first-order valence-electron chi connectivity index (χ1n) is 10.5. The lowest BCUT2D eigenvalue weighted by Crippen LogP contribution is -2.56. The maximum absolute atomic E-state index is 6.26. The maximum Gasteiger partial charge on any atom is 0.189 e. The van der Waals surface area contributed by atoms with Crippen LogP contribution in [0.5, 0.6) is 5.75 Å². The zero-order valence-corrected chi connectivity index (χ0v) is 18.1. The van der Waals surface area contributed by atoms with Crippen LogP contribution in [0.3, 0.4) is 0 Å². The van der Waals surface area contributed by atoms with Crippen molar-refractivity contribution in [3.8, 4) is 5.75 Å². The Labute approximate surface area is 183 Å². The van der Waals surface area contributed by atoms with Crippen molar-refractivity contribution in [3.63, 3.8) is 0 Å². The predicted molar refractivity (Wildman–Crippen MR) is 123 cm³/mol. The Morgan fingerprint density at radius 3 is 2.71 bits per heavy atom. The molecule has 1 spiro atoms. The molecule has 1 aromatic carbocycles. The van der Waals surface area contributed by atoms with E-state index >= 15 is 0 Å². The fourth-order valence-electron chi connectivity index (χ4n) is 4.02. The van der Waals surface area contributed by atoms with Crippen molar-refractivity contribution < 1.29 is 14.2 Å². The average Bonchev–Trinajstić information content (AvgIpc) is 2.78. The van der Waals surface area contributed by atoms with E-state index in [-0.39, 0.29) is 6.79 Å². The van der Waals surface area contributed by atoms with E-state index in [1.807, 2.05) is 12.1 Å². The molecule has 4 rings (SSSR count). The van der Waals surface area contributed by atoms with Gasteiger partial charge in [-0.3, -0.25) is 4.99 Å². The molecule has 0 radical (unpaired) electrons. The number of aliphatic imine (C=N–C) groups is 1. The Hall–Kier alpha value is -3.09. The second-order valence-corrected chi connectivity index (χ2v) is 7.78. The Bertz CT molecular complexity index is 999. The molecular weight excluding hydrogens is 390 g/mol. The van der Waals surface area contributed by atoms with Crippen molar-refractivity contribution in [1.29, 1.82) is 0 Å². The van der Waals surface area contributed by atoms with Crippen LogP contribution in [0.15, 0.2) is 88.4 Å². The Morgan fingerprint density at radius 1 is 1.06 bits per heavy atom. The lowest BCUT2D eigenvalue weighted by Gasteiger charge is -2.42. The second kappa shape index (κ2) is 9.37. The smallest absolute Gasteiger partial charge is 0.189 e. The number of ether oxygens (including phenoxy) is 3. The lowest BCUT2D eigenvalue weighted by atomic mass is 9.74. The van der Waals surface area contributed by atoms with E-state index in [4.69, 9.17) is 19.9 Å². The molecule has 2 heterocycles. The molecule has 1 atom stereocenters. The van der Waals surface area contributed by atoms with Gasteiger partial charge in [-0.25, -0.2) is 0 Å². The molecular formula is C25H29N3O3. The van der Waals surface area contributed by atoms with Crippen LogP contribution in [0, 0.1) is 0 Å². The quantitative estimate of drug-likeness (QED) is 0.473. The molecule has 0 aromatic heterocycles. The lowest BCUT2D eigenvalue weighted by molar-refractivity contribution is -0.00847. The monoisotopic (exact) mass is 419 g/mol. The summed E-state index contributed by atoms with van der Waals surface area (Å²) in [7, 11) is 1.65. The highest BCUT2D eigenvalue weighted by atomic mass is 16.7. The van der Waals surface area contributed by atoms with Crippen molar-refractivity contribution >= 4 is 5.71 Å². The number of aryl methyl sites for hydroxylation is 1. The Morgan fingerprint density at radius 2 is 1.90 bits per heavy atom. The molecule has 1 aliphatic carbocycles. The van der Waals surface area contributed by atoms with Gasteiger partial charge in [0.15, 0.2) is 6.79 Å². The highest BCUT2D eigenvalue weighted by Gasteiger charge is 2.43. The van der Waals surface area contributed by atoms with E-state index in [9.17, 15) is 0 Å². The standard InChI is InChI=1S/C25H29N3O3/c1-18-4-3-13-25-22(23(26)16-27-24(18)25)12-9-20(28-25)8-5-19-6-10-21(11-7-19)31-17-30-15-14-29-2/h3-4,6-7,9-13,16,28H,5,8,14-15,17,26H2,1-2H3. The molecule has 0 bridgehead atoms. The second-order valence-electron chi connectivity index (χ2n) is 7.78. The van der Waals surface area contributed by atoms with Crippen LogP contribution in [0.1, 0.15) is 18.9 Å². The first kappa shape index (κ1) is 21.2. The summed E-state index contributed by atoms with van der Waals surface area (Å²) in [6.07, 6.45) is 14.1. The van der Waals surface area contributed by atoms with E-state index < -0.39 is 5.54 Å². The number of rotatable bonds is 9. The number of methoxy groups -OCH3 is 1. The summed E-state index contributed by atoms with van der Waals surface area (Å²) in [4.78, 5) is 4.64. The minimum atomic E-state index is -0.470. The third-order valence-corrected chi connectivity index (χ3v) is 5.66. The van der Waals surface area contributed by atoms with E-state index in [2.05, 4.69) is 59.7 Å². The van der Waals surface area contributed by atoms with E-state index in [0.29, 0.717) is 18.9 Å². The SMILES string of the molecule is COCCOCOc1ccc(CCC2=CC=C3C(N)=CN=C4C(C)=CC=CC34N2)cc1. The third kappa shape index (κ3) is 4.50. The number of nitrogens with zero attached hydrogens (tertiary/aromatic N) is 1. The fraction of sp³-hybridized carbons (Fsp3) is 0.320. The highest BCUT2D eigenvalue weighted by molar-refractivity contribution is 6.13. The summed E-state index contributed by atoms with van der Waals surface area (Å²) in [5.74, 6) is 0.794. The molecule has 6 heteroatoms. The minimum Gasteiger partial charge on any atom is -0.468 e. The van der Waals surface area contributed by atoms with Gasteiger partial charge in [-0.15, -0.1) is 0 Å². The van der Waals surface area contributed by atoms with Crippen LogP contribution in [0.2, 0.25) is 0 Å². The fourth-order valence-corrected chi connectivity index (χ4v) is 4.02. The third-order valence-electron chi connectivity index (χ3n) is 5.66. The van der Waals surface area contributed by atoms with Crippen LogP contribution in [0.4, 0.5) is 0 Å². The molecule has 0 saturated carbocycles. The van der Waals surface area contributed by atoms with Gasteiger partial charge in [0.25, 0.3) is 0 Å². The van der Waals surface area contributed by atoms with Gasteiger partial charge in [0.2, 0.25) is 0 Å². The van der Waals surface area contributed by atoms with Gasteiger partial charge < -0.3 is 25.3 Å². The minimum absolute atomic E-state index is 0.221. The largest absolute Gasteiger partial charge is 0.468 e. The van der Waals surface area contributed by atoms with Crippen molar-refractivity contribution in [2.24, 2.45) is 10.7 Å². The van der Waals surface area contributed by atoms with Crippen molar-refractivity contribution in [2.75, 3.05) is 27.1 Å². The molecule has 0 amide bonds. The summed E-state index contributed by atoms with van der Waals surface area (Å²) in [6, 6.07) is 8.14. The molecule has 3 N–H and O–H groups in total. The zero-order valence-electron chi connectivity index (χ0n) is 18.1. The van der Waals surface area contributed by atoms with Crippen LogP contribution in [-0.4, -0.2) is 38.4 Å². The van der Waals surface area contributed by atoms with Gasteiger partial charge in [0, 0.05) is 18.4 Å². The van der Waals surface area contributed by atoms with E-state index in [1.54, 1.807) is 13.3 Å². The number of hydrogen-bond acceptors (Lipinski definition) is 6. The topological polar surface area (TPSA) is 78.1 Å². The Balaban J connectivity index is 1.37. The number of allylic oxidation sites excluding steroid dienone is 5. The molecule has 1 aromatic rings. The molecule has 3 aliphatic rings. The number of dihydropyridines is 1. The van der Waals surface area contributed by atoms with Crippen LogP contribution >= 0.6 is 0 Å². The summed E-state index contributed by atoms with van der Waals surface area (Å²) in [5.41, 5.74) is 12.1. The van der Waals surface area contributed by atoms with Gasteiger partial charge in [-0.1, -0.05) is 30.4 Å². The number of benzene rings is 1. The van der Waals surface area contributed by atoms with Crippen molar-refractivity contribution in [1.82, 2.24) is 5.32 Å². The van der Waals surface area contributed by atoms with Gasteiger partial charge in [-0.05, 0) is 55.2 Å². The van der Waals surface area contributed by atoms with Crippen molar-refractivity contribution in [2.45, 2.75) is 25.3 Å². The van der Waals surface area contributed by atoms with Gasteiger partial charge in [0.05, 0.1) is 30.8 Å². The Kier molecular flexibility index (Phi) is 6.39. The van der Waals surface area contributed by atoms with Gasteiger partial charge in [-0.2, -0.15) is 0 Å². The molecule has 0 saturated heterocycles. The van der Waals surface area contributed by atoms with Gasteiger partial charge >= 0.3 is 0 Å². The predicted octanol–water partition coefficient (Wildman–Crippen LogP) is 3.54. The average molecular weight is 420 g/mol. The normalized spacial score (nSPS) is 21.5. The molecule has 0 fully saturated rings. The van der Waals surface area contributed by atoms with E-state index in [1.165, 1.54) is 5.56 Å². The first-order valence-corrected chi connectivity index (χ1v) is 10.5. The molecule has 162 valence electrons. The number of hydrogen-bond donors (Lipinski definition) is 2. The number of nitrogens with one attached hydrogen (secondary N) is 1. The molecule has 1 unspecified atom stereocenters. The summed E-state index contributed by atoms with van der Waals surface area (Å²) in [6.45, 7) is 3.39. The molecule has 2 aliphatic heterocycles. The first-order chi connectivity index (χ1) is 15.1. The van der Waals surface area contributed by atoms with E-state index in [0.717, 1.165) is 41.1 Å². The van der Waals surface area contributed by atoms with Gasteiger partial charge in [0.1, 0.15) is 11.3 Å². The maximum atomic E-state index is 6.26. The van der Waals surface area contributed by atoms with Crippen LogP contribution < -0.4 is 15.8 Å². The summed E-state index contributed by atoms with van der Waals surface area (Å²) >= 11 is 0. The summed E-state index contributed by atoms with van der Waals surface area (Å²) in [5, 5.41) is 3.72. The van der Waals surface area contributed by atoms with Crippen molar-refractivity contribution in [3.05, 3.63) is 88.9 Å². The zero-order chi connectivity index (χ0) is 21.7. The molecule has 6 nitrogen and oxygen atoms in total. The number of nitrogens with two attached hydrogens (primary N) is 1. The summed E-state index contributed by atoms with van der Waals surface area (Å²) < 4.78 is 15.9. The van der Waals surface area contributed by atoms with Crippen LogP contribution in [0.25, 0.3) is 0 Å².